The number of rotatable bonds is 5. The molecule has 0 unspecified atom stereocenters. The monoisotopic (exact) mass is 367 g/mol. The first-order chi connectivity index (χ1) is 11.9. The zero-order chi connectivity index (χ0) is 17.9. The van der Waals surface area contributed by atoms with Crippen molar-refractivity contribution >= 4 is 35.0 Å². The van der Waals surface area contributed by atoms with E-state index in [1.54, 1.807) is 6.08 Å². The molecule has 1 aliphatic rings. The molecule has 1 aromatic heterocycles. The van der Waals surface area contributed by atoms with Crippen LogP contribution in [0.2, 0.25) is 0 Å². The van der Waals surface area contributed by atoms with Gasteiger partial charge in [0.2, 0.25) is 0 Å². The largest absolute Gasteiger partial charge is 0.586 e. The summed E-state index contributed by atoms with van der Waals surface area (Å²) in [6, 6.07) is 5.61. The Bertz CT molecular complexity index is 820. The van der Waals surface area contributed by atoms with Crippen molar-refractivity contribution in [3.63, 3.8) is 0 Å². The lowest BCUT2D eigenvalue weighted by Crippen LogP contribution is -2.25. The van der Waals surface area contributed by atoms with E-state index in [0.717, 1.165) is 5.56 Å². The van der Waals surface area contributed by atoms with Crippen molar-refractivity contribution in [3.8, 4) is 11.5 Å². The van der Waals surface area contributed by atoms with Gasteiger partial charge in [0.1, 0.15) is 0 Å². The standard InChI is InChI=1S/C16H11F2NO5S/c17-16(18)23-12-3-2-11(7-13(12)24-16)19-14(20)8-22-15(21)4-1-10-5-6-25-9-10/h1-7,9H,8H2,(H,19,20)/b4-1+. The zero-order valence-corrected chi connectivity index (χ0v) is 13.3. The first-order valence-corrected chi connectivity index (χ1v) is 7.92. The van der Waals surface area contributed by atoms with Crippen LogP contribution in [0.3, 0.4) is 0 Å². The van der Waals surface area contributed by atoms with Gasteiger partial charge in [0, 0.05) is 17.8 Å². The molecule has 0 bridgehead atoms. The first kappa shape index (κ1) is 16.9. The van der Waals surface area contributed by atoms with Gasteiger partial charge in [-0.2, -0.15) is 11.3 Å². The van der Waals surface area contributed by atoms with Gasteiger partial charge >= 0.3 is 12.3 Å². The molecule has 0 fully saturated rings. The van der Waals surface area contributed by atoms with Gasteiger partial charge in [0.05, 0.1) is 0 Å². The second-order valence-corrected chi connectivity index (χ2v) is 5.65. The van der Waals surface area contributed by atoms with Gasteiger partial charge < -0.3 is 19.5 Å². The SMILES string of the molecule is O=C(COC(=O)/C=C/c1ccsc1)Nc1ccc2c(c1)OC(F)(F)O2. The molecule has 1 N–H and O–H groups in total. The van der Waals surface area contributed by atoms with Crippen LogP contribution >= 0.6 is 11.3 Å². The predicted molar refractivity (Wildman–Crippen MR) is 85.6 cm³/mol. The molecule has 1 aromatic carbocycles. The van der Waals surface area contributed by atoms with Gasteiger partial charge in [0.15, 0.2) is 18.1 Å². The second kappa shape index (κ2) is 6.89. The number of halogens is 2. The molecule has 1 aliphatic heterocycles. The fraction of sp³-hybridized carbons (Fsp3) is 0.125. The van der Waals surface area contributed by atoms with Gasteiger partial charge in [-0.1, -0.05) is 0 Å². The second-order valence-electron chi connectivity index (χ2n) is 4.87. The summed E-state index contributed by atoms with van der Waals surface area (Å²) in [6.45, 7) is -0.516. The normalized spacial score (nSPS) is 14.5. The fourth-order valence-electron chi connectivity index (χ4n) is 1.94. The van der Waals surface area contributed by atoms with Crippen molar-refractivity contribution in [3.05, 3.63) is 46.7 Å². The van der Waals surface area contributed by atoms with Gasteiger partial charge in [0.25, 0.3) is 5.91 Å². The number of thiophene rings is 1. The lowest BCUT2D eigenvalue weighted by Gasteiger charge is -2.06. The van der Waals surface area contributed by atoms with Gasteiger partial charge in [-0.05, 0) is 40.6 Å². The molecule has 0 saturated carbocycles. The molecule has 2 heterocycles. The Morgan fingerprint density at radius 1 is 1.24 bits per heavy atom. The molecule has 25 heavy (non-hydrogen) atoms. The van der Waals surface area contributed by atoms with Crippen LogP contribution in [0, 0.1) is 0 Å². The summed E-state index contributed by atoms with van der Waals surface area (Å²) in [4.78, 5) is 23.3. The number of carbonyl (C=O) groups is 2. The first-order valence-electron chi connectivity index (χ1n) is 6.98. The number of carbonyl (C=O) groups excluding carboxylic acids is 2. The highest BCUT2D eigenvalue weighted by atomic mass is 32.1. The van der Waals surface area contributed by atoms with Crippen LogP contribution in [0.4, 0.5) is 14.5 Å². The lowest BCUT2D eigenvalue weighted by atomic mass is 10.3. The lowest BCUT2D eigenvalue weighted by molar-refractivity contribution is -0.286. The number of hydrogen-bond donors (Lipinski definition) is 1. The van der Waals surface area contributed by atoms with Gasteiger partial charge in [-0.3, -0.25) is 4.79 Å². The fourth-order valence-corrected chi connectivity index (χ4v) is 2.57. The Morgan fingerprint density at radius 3 is 2.80 bits per heavy atom. The molecule has 0 radical (unpaired) electrons. The van der Waals surface area contributed by atoms with Crippen LogP contribution in [0.5, 0.6) is 11.5 Å². The highest BCUT2D eigenvalue weighted by Crippen LogP contribution is 2.42. The number of amides is 1. The average molecular weight is 367 g/mol. The molecule has 0 spiro atoms. The van der Waals surface area contributed by atoms with E-state index in [-0.39, 0.29) is 17.2 Å². The molecule has 2 aromatic rings. The Labute approximate surface area is 144 Å². The van der Waals surface area contributed by atoms with Crippen LogP contribution in [-0.4, -0.2) is 24.8 Å². The predicted octanol–water partition coefficient (Wildman–Crippen LogP) is 3.26. The number of alkyl halides is 2. The summed E-state index contributed by atoms with van der Waals surface area (Å²) in [7, 11) is 0. The highest BCUT2D eigenvalue weighted by Gasteiger charge is 2.43. The Morgan fingerprint density at radius 2 is 2.04 bits per heavy atom. The van der Waals surface area contributed by atoms with Gasteiger partial charge in [-0.25, -0.2) is 4.79 Å². The summed E-state index contributed by atoms with van der Waals surface area (Å²) in [5.41, 5.74) is 1.05. The molecular formula is C16H11F2NO5S. The molecule has 0 aliphatic carbocycles. The number of ether oxygens (including phenoxy) is 3. The van der Waals surface area contributed by atoms with Crippen molar-refractivity contribution in [2.75, 3.05) is 11.9 Å². The molecule has 0 saturated heterocycles. The Hall–Kier alpha value is -2.94. The molecule has 1 amide bonds. The number of esters is 1. The minimum absolute atomic E-state index is 0.131. The number of fused-ring (bicyclic) bond motifs is 1. The summed E-state index contributed by atoms with van der Waals surface area (Å²) < 4.78 is 39.2. The number of hydrogen-bond acceptors (Lipinski definition) is 6. The molecule has 6 nitrogen and oxygen atoms in total. The quantitative estimate of drug-likeness (QED) is 0.649. The molecule has 130 valence electrons. The van der Waals surface area contributed by atoms with E-state index in [4.69, 9.17) is 4.74 Å². The molecular weight excluding hydrogens is 356 g/mol. The summed E-state index contributed by atoms with van der Waals surface area (Å²) in [6.07, 6.45) is -0.956. The van der Waals surface area contributed by atoms with E-state index in [1.807, 2.05) is 16.8 Å². The van der Waals surface area contributed by atoms with E-state index < -0.39 is 24.8 Å². The Balaban J connectivity index is 1.49. The van der Waals surface area contributed by atoms with Crippen molar-refractivity contribution in [2.45, 2.75) is 6.29 Å². The van der Waals surface area contributed by atoms with E-state index in [1.165, 1.54) is 35.6 Å². The van der Waals surface area contributed by atoms with E-state index in [0.29, 0.717) is 0 Å². The summed E-state index contributed by atoms with van der Waals surface area (Å²) >= 11 is 1.49. The van der Waals surface area contributed by atoms with Crippen LogP contribution in [-0.2, 0) is 14.3 Å². The van der Waals surface area contributed by atoms with Crippen molar-refractivity contribution in [1.29, 1.82) is 0 Å². The van der Waals surface area contributed by atoms with Crippen LogP contribution in [0.1, 0.15) is 5.56 Å². The summed E-state index contributed by atoms with van der Waals surface area (Å²) in [5, 5.41) is 6.11. The Kier molecular flexibility index (Phi) is 4.66. The topological polar surface area (TPSA) is 73.9 Å². The maximum atomic E-state index is 12.9. The van der Waals surface area contributed by atoms with Gasteiger partial charge in [-0.15, -0.1) is 8.78 Å². The third kappa shape index (κ3) is 4.54. The van der Waals surface area contributed by atoms with E-state index in [9.17, 15) is 18.4 Å². The third-order valence-electron chi connectivity index (χ3n) is 2.99. The van der Waals surface area contributed by atoms with Crippen LogP contribution < -0.4 is 14.8 Å². The number of benzene rings is 1. The maximum Gasteiger partial charge on any atom is 0.586 e. The van der Waals surface area contributed by atoms with Crippen molar-refractivity contribution in [1.82, 2.24) is 0 Å². The number of nitrogens with one attached hydrogen (secondary N) is 1. The third-order valence-corrected chi connectivity index (χ3v) is 3.69. The van der Waals surface area contributed by atoms with E-state index >= 15 is 0 Å². The smallest absolute Gasteiger partial charge is 0.452 e. The molecule has 3 rings (SSSR count). The van der Waals surface area contributed by atoms with Crippen molar-refractivity contribution in [2.24, 2.45) is 0 Å². The summed E-state index contributed by atoms with van der Waals surface area (Å²) in [5.74, 6) is -1.62. The van der Waals surface area contributed by atoms with Crippen molar-refractivity contribution < 1.29 is 32.6 Å². The average Bonchev–Trinajstić information content (AvgIpc) is 3.16. The molecule has 0 atom stereocenters. The van der Waals surface area contributed by atoms with Crippen LogP contribution in [0.15, 0.2) is 41.1 Å². The van der Waals surface area contributed by atoms with E-state index in [2.05, 4.69) is 14.8 Å². The molecule has 9 heteroatoms. The highest BCUT2D eigenvalue weighted by molar-refractivity contribution is 7.08. The van der Waals surface area contributed by atoms with Crippen LogP contribution in [0.25, 0.3) is 6.08 Å². The minimum atomic E-state index is -3.73. The maximum absolute atomic E-state index is 12.9. The number of anilines is 1. The zero-order valence-electron chi connectivity index (χ0n) is 12.5. The minimum Gasteiger partial charge on any atom is -0.452 e.